The van der Waals surface area contributed by atoms with Gasteiger partial charge in [-0.3, -0.25) is 4.79 Å². The van der Waals surface area contributed by atoms with Gasteiger partial charge in [0.1, 0.15) is 6.54 Å². The molecule has 0 atom stereocenters. The predicted molar refractivity (Wildman–Crippen MR) is 112 cm³/mol. The molecule has 1 amide bonds. The normalized spacial score (nSPS) is 15.9. The van der Waals surface area contributed by atoms with Crippen LogP contribution in [0.5, 0.6) is 0 Å². The van der Waals surface area contributed by atoms with E-state index < -0.39 is 0 Å². The maximum Gasteiger partial charge on any atom is 0.243 e. The van der Waals surface area contributed by atoms with Gasteiger partial charge >= 0.3 is 0 Å². The first kappa shape index (κ1) is 23.4. The Morgan fingerprint density at radius 1 is 1.30 bits per heavy atom. The van der Waals surface area contributed by atoms with Crippen LogP contribution in [0.3, 0.4) is 0 Å². The molecule has 0 aromatic heterocycles. The largest absolute Gasteiger partial charge is 0.383 e. The molecule has 1 N–H and O–H groups in total. The Kier molecular flexibility index (Phi) is 11.8. The number of amides is 1. The molecule has 0 aromatic rings. The molecule has 1 fully saturated rings. The van der Waals surface area contributed by atoms with Gasteiger partial charge in [-0.05, 0) is 45.2 Å². The summed E-state index contributed by atoms with van der Waals surface area (Å²) in [5, 5.41) is 3.29. The molecule has 1 aliphatic heterocycles. The fourth-order valence-electron chi connectivity index (χ4n) is 3.16. The van der Waals surface area contributed by atoms with E-state index in [1.54, 1.807) is 26.1 Å². The Morgan fingerprint density at radius 3 is 2.59 bits per heavy atom. The first-order valence-electron chi connectivity index (χ1n) is 9.99. The smallest absolute Gasteiger partial charge is 0.243 e. The minimum absolute atomic E-state index is 0.0142. The molecule has 0 bridgehead atoms. The summed E-state index contributed by atoms with van der Waals surface area (Å²) in [6, 6.07) is 0. The maximum atomic E-state index is 11.8. The van der Waals surface area contributed by atoms with Gasteiger partial charge in [-0.15, -0.1) is 6.58 Å². The summed E-state index contributed by atoms with van der Waals surface area (Å²) >= 11 is 0. The number of hydrogen-bond donors (Lipinski definition) is 1. The van der Waals surface area contributed by atoms with Gasteiger partial charge in [0.2, 0.25) is 5.91 Å². The van der Waals surface area contributed by atoms with Crippen LogP contribution in [0.25, 0.3) is 0 Å². The third-order valence-corrected chi connectivity index (χ3v) is 5.01. The molecule has 0 unspecified atom stereocenters. The van der Waals surface area contributed by atoms with Crippen molar-refractivity contribution in [2.45, 2.75) is 25.7 Å². The second-order valence-corrected chi connectivity index (χ2v) is 7.47. The van der Waals surface area contributed by atoms with Crippen molar-refractivity contribution in [2.75, 3.05) is 74.1 Å². The van der Waals surface area contributed by atoms with Gasteiger partial charge in [0.05, 0.1) is 6.61 Å². The lowest BCUT2D eigenvalue weighted by atomic mass is 9.92. The van der Waals surface area contributed by atoms with Crippen molar-refractivity contribution in [3.8, 4) is 0 Å². The van der Waals surface area contributed by atoms with Gasteiger partial charge in [0.15, 0.2) is 5.96 Å². The Labute approximate surface area is 165 Å². The van der Waals surface area contributed by atoms with Gasteiger partial charge in [-0.1, -0.05) is 6.08 Å². The average Bonchev–Trinajstić information content (AvgIpc) is 2.66. The van der Waals surface area contributed by atoms with Crippen LogP contribution in [0.2, 0.25) is 0 Å². The zero-order chi connectivity index (χ0) is 20.1. The molecular formula is C20H39N5O2. The summed E-state index contributed by atoms with van der Waals surface area (Å²) in [4.78, 5) is 22.5. The average molecular weight is 382 g/mol. The topological polar surface area (TPSA) is 60.4 Å². The number of rotatable bonds is 11. The van der Waals surface area contributed by atoms with Crippen LogP contribution in [0.1, 0.15) is 25.7 Å². The summed E-state index contributed by atoms with van der Waals surface area (Å²) < 4.78 is 5.12. The van der Waals surface area contributed by atoms with Crippen molar-refractivity contribution in [1.82, 2.24) is 20.0 Å². The van der Waals surface area contributed by atoms with Crippen LogP contribution >= 0.6 is 0 Å². The molecule has 1 aliphatic rings. The summed E-state index contributed by atoms with van der Waals surface area (Å²) in [6.45, 7) is 9.49. The number of hydrogen-bond acceptors (Lipinski definition) is 4. The number of carbonyl (C=O) groups is 1. The number of nitrogens with one attached hydrogen (secondary N) is 1. The number of piperidine rings is 1. The Balaban J connectivity index is 2.40. The number of aliphatic imine (C=N–C) groups is 1. The van der Waals surface area contributed by atoms with Crippen LogP contribution in [-0.2, 0) is 9.53 Å². The molecule has 0 spiro atoms. The standard InChI is InChI=1S/C20H39N5O2/c1-6-11-21-20(22-17-19(26)23(2)3)25-13-9-18(10-14-25)8-7-12-24(4)15-16-27-5/h6,18H,1,7-17H2,2-5H3,(H,21,22). The van der Waals surface area contributed by atoms with Crippen LogP contribution in [-0.4, -0.2) is 101 Å². The molecule has 7 nitrogen and oxygen atoms in total. The monoisotopic (exact) mass is 381 g/mol. The molecule has 1 saturated heterocycles. The minimum atomic E-state index is 0.0142. The fourth-order valence-corrected chi connectivity index (χ4v) is 3.16. The van der Waals surface area contributed by atoms with Crippen molar-refractivity contribution < 1.29 is 9.53 Å². The highest BCUT2D eigenvalue weighted by Gasteiger charge is 2.21. The van der Waals surface area contributed by atoms with Gasteiger partial charge in [-0.2, -0.15) is 0 Å². The van der Waals surface area contributed by atoms with E-state index in [1.807, 2.05) is 6.08 Å². The number of carbonyl (C=O) groups excluding carboxylic acids is 1. The summed E-state index contributed by atoms with van der Waals surface area (Å²) in [6.07, 6.45) is 6.68. The third kappa shape index (κ3) is 9.77. The second-order valence-electron chi connectivity index (χ2n) is 7.47. The molecular weight excluding hydrogens is 342 g/mol. The Bertz CT molecular complexity index is 459. The van der Waals surface area contributed by atoms with Crippen molar-refractivity contribution in [2.24, 2.45) is 10.9 Å². The highest BCUT2D eigenvalue weighted by molar-refractivity contribution is 5.85. The van der Waals surface area contributed by atoms with Crippen molar-refractivity contribution in [3.63, 3.8) is 0 Å². The van der Waals surface area contributed by atoms with Gasteiger partial charge in [-0.25, -0.2) is 4.99 Å². The second kappa shape index (κ2) is 13.6. The minimum Gasteiger partial charge on any atom is -0.383 e. The first-order chi connectivity index (χ1) is 13.0. The van der Waals surface area contributed by atoms with Crippen molar-refractivity contribution in [1.29, 1.82) is 0 Å². The molecule has 1 heterocycles. The van der Waals surface area contributed by atoms with E-state index in [0.29, 0.717) is 6.54 Å². The number of likely N-dealkylation sites (N-methyl/N-ethyl adjacent to an activating group) is 2. The quantitative estimate of drug-likeness (QED) is 0.332. The number of nitrogens with zero attached hydrogens (tertiary/aromatic N) is 4. The highest BCUT2D eigenvalue weighted by Crippen LogP contribution is 2.22. The van der Waals surface area contributed by atoms with Crippen LogP contribution in [0, 0.1) is 5.92 Å². The molecule has 0 radical (unpaired) electrons. The zero-order valence-corrected chi connectivity index (χ0v) is 17.7. The van der Waals surface area contributed by atoms with Crippen molar-refractivity contribution >= 4 is 11.9 Å². The lowest BCUT2D eigenvalue weighted by Gasteiger charge is -2.34. The van der Waals surface area contributed by atoms with Gasteiger partial charge < -0.3 is 24.8 Å². The first-order valence-corrected chi connectivity index (χ1v) is 9.99. The lowest BCUT2D eigenvalue weighted by molar-refractivity contribution is -0.127. The molecule has 27 heavy (non-hydrogen) atoms. The summed E-state index contributed by atoms with van der Waals surface area (Å²) in [5.74, 6) is 1.62. The molecule has 0 aliphatic carbocycles. The lowest BCUT2D eigenvalue weighted by Crippen LogP contribution is -2.46. The number of guanidine groups is 1. The van der Waals surface area contributed by atoms with E-state index in [9.17, 15) is 4.79 Å². The fraction of sp³-hybridized carbons (Fsp3) is 0.800. The highest BCUT2D eigenvalue weighted by atomic mass is 16.5. The molecule has 0 aromatic carbocycles. The third-order valence-electron chi connectivity index (χ3n) is 5.01. The summed E-state index contributed by atoms with van der Waals surface area (Å²) in [5.41, 5.74) is 0. The molecule has 156 valence electrons. The zero-order valence-electron chi connectivity index (χ0n) is 17.7. The number of ether oxygens (including phenoxy) is 1. The molecule has 0 saturated carbocycles. The Hall–Kier alpha value is -1.60. The van der Waals surface area contributed by atoms with E-state index in [2.05, 4.69) is 33.7 Å². The molecule has 7 heteroatoms. The maximum absolute atomic E-state index is 11.8. The van der Waals surface area contributed by atoms with E-state index in [4.69, 9.17) is 4.74 Å². The van der Waals surface area contributed by atoms with Gasteiger partial charge in [0, 0.05) is 47.4 Å². The van der Waals surface area contributed by atoms with Crippen molar-refractivity contribution in [3.05, 3.63) is 12.7 Å². The van der Waals surface area contributed by atoms with E-state index in [-0.39, 0.29) is 12.5 Å². The van der Waals surface area contributed by atoms with E-state index in [1.165, 1.54) is 25.7 Å². The van der Waals surface area contributed by atoms with Gasteiger partial charge in [0.25, 0.3) is 0 Å². The number of likely N-dealkylation sites (tertiary alicyclic amines) is 1. The van der Waals surface area contributed by atoms with Crippen LogP contribution < -0.4 is 5.32 Å². The SMILES string of the molecule is C=CCNC(=NCC(=O)N(C)C)N1CCC(CCCN(C)CCOC)CC1. The Morgan fingerprint density at radius 2 is 2.00 bits per heavy atom. The van der Waals surface area contributed by atoms with Crippen LogP contribution in [0.4, 0.5) is 0 Å². The van der Waals surface area contributed by atoms with Crippen LogP contribution in [0.15, 0.2) is 17.6 Å². The number of methoxy groups -OCH3 is 1. The van der Waals surface area contributed by atoms with E-state index in [0.717, 1.165) is 44.7 Å². The summed E-state index contributed by atoms with van der Waals surface area (Å²) in [7, 11) is 7.42. The predicted octanol–water partition coefficient (Wildman–Crippen LogP) is 1.28. The van der Waals surface area contributed by atoms with E-state index >= 15 is 0 Å². The molecule has 1 rings (SSSR count).